The number of nitrogens with one attached hydrogen (secondary N) is 2. The summed E-state index contributed by atoms with van der Waals surface area (Å²) >= 11 is 0. The normalized spacial score (nSPS) is 18.0. The Kier molecular flexibility index (Phi) is 12.3. The Morgan fingerprint density at radius 2 is 1.70 bits per heavy atom. The number of nitrogens with zero attached hydrogens (tertiary/aromatic N) is 3. The van der Waals surface area contributed by atoms with Gasteiger partial charge in [0.25, 0.3) is 5.69 Å². The second kappa shape index (κ2) is 14.9. The Morgan fingerprint density at radius 3 is 2.23 bits per heavy atom. The molecule has 10 nitrogen and oxygen atoms in total. The van der Waals surface area contributed by atoms with Gasteiger partial charge in [-0.05, 0) is 57.6 Å². The zero-order valence-corrected chi connectivity index (χ0v) is 25.3. The maximum Gasteiger partial charge on any atom is 0.269 e. The molecule has 1 aromatic carbocycles. The molecule has 0 unspecified atom stereocenters. The number of benzene rings is 1. The largest absolute Gasteiger partial charge is 0.348 e. The van der Waals surface area contributed by atoms with E-state index in [1.54, 1.807) is 37.1 Å². The minimum Gasteiger partial charge on any atom is -0.348 e. The molecule has 1 aromatic rings. The van der Waals surface area contributed by atoms with Crippen molar-refractivity contribution in [1.29, 1.82) is 0 Å². The smallest absolute Gasteiger partial charge is 0.269 e. The van der Waals surface area contributed by atoms with Crippen LogP contribution in [0.15, 0.2) is 35.9 Å². The van der Waals surface area contributed by atoms with Crippen molar-refractivity contribution in [3.63, 3.8) is 0 Å². The molecule has 2 rings (SSSR count). The van der Waals surface area contributed by atoms with E-state index >= 15 is 0 Å². The van der Waals surface area contributed by atoms with E-state index in [9.17, 15) is 24.5 Å². The van der Waals surface area contributed by atoms with Crippen molar-refractivity contribution in [2.75, 3.05) is 13.6 Å². The highest BCUT2D eigenvalue weighted by molar-refractivity contribution is 5.93. The Labute approximate surface area is 238 Å². The third-order valence-electron chi connectivity index (χ3n) is 7.60. The number of nitro groups is 1. The number of rotatable bonds is 12. The highest BCUT2D eigenvalue weighted by Crippen LogP contribution is 2.21. The van der Waals surface area contributed by atoms with Gasteiger partial charge in [0, 0.05) is 37.3 Å². The van der Waals surface area contributed by atoms with Crippen LogP contribution < -0.4 is 10.6 Å². The summed E-state index contributed by atoms with van der Waals surface area (Å²) in [5, 5.41) is 16.7. The van der Waals surface area contributed by atoms with Crippen LogP contribution in [0.25, 0.3) is 0 Å². The van der Waals surface area contributed by atoms with Gasteiger partial charge in [0.05, 0.1) is 17.0 Å². The molecule has 2 N–H and O–H groups in total. The molecule has 0 bridgehead atoms. The summed E-state index contributed by atoms with van der Waals surface area (Å²) < 4.78 is 0. The first kappa shape index (κ1) is 32.9. The number of amides is 3. The summed E-state index contributed by atoms with van der Waals surface area (Å²) in [6.07, 6.45) is 4.63. The van der Waals surface area contributed by atoms with Crippen molar-refractivity contribution in [2.24, 2.45) is 11.8 Å². The van der Waals surface area contributed by atoms with E-state index in [1.165, 1.54) is 12.1 Å². The maximum absolute atomic E-state index is 13.7. The van der Waals surface area contributed by atoms with E-state index in [-0.39, 0.29) is 59.9 Å². The molecule has 0 saturated carbocycles. The molecule has 1 heterocycles. The molecule has 0 radical (unpaired) electrons. The Morgan fingerprint density at radius 1 is 1.07 bits per heavy atom. The van der Waals surface area contributed by atoms with Gasteiger partial charge in [-0.1, -0.05) is 52.3 Å². The van der Waals surface area contributed by atoms with E-state index in [0.29, 0.717) is 5.57 Å². The molecule has 3 amide bonds. The summed E-state index contributed by atoms with van der Waals surface area (Å²) in [5.41, 5.74) is 1.19. The predicted molar refractivity (Wildman–Crippen MR) is 156 cm³/mol. The van der Waals surface area contributed by atoms with Gasteiger partial charge in [0.2, 0.25) is 17.7 Å². The average Bonchev–Trinajstić information content (AvgIpc) is 2.91. The van der Waals surface area contributed by atoms with Crippen molar-refractivity contribution >= 4 is 23.4 Å². The fraction of sp³-hybridized carbons (Fsp3) is 0.633. The fourth-order valence-corrected chi connectivity index (χ4v) is 5.12. The lowest BCUT2D eigenvalue weighted by molar-refractivity contribution is -0.384. The molecule has 1 aliphatic rings. The van der Waals surface area contributed by atoms with E-state index < -0.39 is 11.0 Å². The zero-order chi connectivity index (χ0) is 30.1. The van der Waals surface area contributed by atoms with Crippen molar-refractivity contribution in [2.45, 2.75) is 98.4 Å². The highest BCUT2D eigenvalue weighted by atomic mass is 16.6. The van der Waals surface area contributed by atoms with Gasteiger partial charge in [0.1, 0.15) is 6.04 Å². The lowest BCUT2D eigenvalue weighted by Gasteiger charge is -2.39. The van der Waals surface area contributed by atoms with Crippen LogP contribution in [0.5, 0.6) is 0 Å². The maximum atomic E-state index is 13.7. The van der Waals surface area contributed by atoms with Crippen LogP contribution in [-0.2, 0) is 20.9 Å². The molecule has 3 atom stereocenters. The van der Waals surface area contributed by atoms with Crippen LogP contribution in [0.4, 0.5) is 5.69 Å². The molecule has 0 aromatic heterocycles. The van der Waals surface area contributed by atoms with Crippen molar-refractivity contribution in [3.8, 4) is 0 Å². The van der Waals surface area contributed by atoms with Crippen molar-refractivity contribution < 1.29 is 19.3 Å². The molecule has 10 heteroatoms. The molecule has 1 saturated heterocycles. The summed E-state index contributed by atoms with van der Waals surface area (Å²) in [7, 11) is 1.72. The minimum absolute atomic E-state index is 0.00878. The van der Waals surface area contributed by atoms with E-state index in [4.69, 9.17) is 0 Å². The third kappa shape index (κ3) is 8.87. The molecule has 0 aliphatic carbocycles. The van der Waals surface area contributed by atoms with Gasteiger partial charge >= 0.3 is 0 Å². The van der Waals surface area contributed by atoms with Gasteiger partial charge in [-0.3, -0.25) is 29.4 Å². The lowest BCUT2D eigenvalue weighted by Crippen LogP contribution is -2.58. The number of hydrogen-bond donors (Lipinski definition) is 2. The number of carbonyl (C=O) groups is 3. The fourth-order valence-electron chi connectivity index (χ4n) is 5.12. The number of hydrogen-bond acceptors (Lipinski definition) is 6. The van der Waals surface area contributed by atoms with E-state index in [1.807, 2.05) is 27.7 Å². The van der Waals surface area contributed by atoms with Gasteiger partial charge in [-0.15, -0.1) is 0 Å². The predicted octanol–water partition coefficient (Wildman–Crippen LogP) is 4.04. The topological polar surface area (TPSA) is 125 Å². The van der Waals surface area contributed by atoms with Crippen molar-refractivity contribution in [3.05, 3.63) is 51.6 Å². The number of piperidine rings is 1. The monoisotopic (exact) mass is 557 g/mol. The van der Waals surface area contributed by atoms with Crippen LogP contribution in [0.2, 0.25) is 0 Å². The number of carbonyl (C=O) groups excluding carboxylic acids is 3. The van der Waals surface area contributed by atoms with Crippen molar-refractivity contribution in [1.82, 2.24) is 20.4 Å². The van der Waals surface area contributed by atoms with E-state index in [0.717, 1.165) is 31.4 Å². The number of non-ortho nitro benzene ring substituents is 1. The van der Waals surface area contributed by atoms with Crippen LogP contribution >= 0.6 is 0 Å². The first-order chi connectivity index (χ1) is 18.7. The van der Waals surface area contributed by atoms with Crippen LogP contribution in [0.3, 0.4) is 0 Å². The Hall–Kier alpha value is -3.27. The molecule has 0 spiro atoms. The molecule has 1 aliphatic heterocycles. The second-order valence-corrected chi connectivity index (χ2v) is 11.7. The van der Waals surface area contributed by atoms with Gasteiger partial charge in [-0.25, -0.2) is 0 Å². The first-order valence-electron chi connectivity index (χ1n) is 14.3. The average molecular weight is 558 g/mol. The van der Waals surface area contributed by atoms with Gasteiger partial charge in [-0.2, -0.15) is 0 Å². The quantitative estimate of drug-likeness (QED) is 0.227. The second-order valence-electron chi connectivity index (χ2n) is 11.7. The Balaban J connectivity index is 2.12. The van der Waals surface area contributed by atoms with Crippen LogP contribution in [0.1, 0.15) is 73.3 Å². The molecular weight excluding hydrogens is 510 g/mol. The summed E-state index contributed by atoms with van der Waals surface area (Å²) in [4.78, 5) is 54.1. The number of likely N-dealkylation sites (N-methyl/N-ethyl adjacent to an activating group) is 1. The van der Waals surface area contributed by atoms with Gasteiger partial charge < -0.3 is 15.5 Å². The third-order valence-corrected chi connectivity index (χ3v) is 7.60. The van der Waals surface area contributed by atoms with E-state index in [2.05, 4.69) is 29.4 Å². The number of nitro benzene ring substituents is 1. The molecule has 40 heavy (non-hydrogen) atoms. The Bertz CT molecular complexity index is 1070. The SMILES string of the molecule is C/C(=C\[C@H](C(C)C)N(C)C(=O)[C@@H](NC(=O)[C@H]1CCCCN1C(C)C)C(C)C)C(=O)NCc1ccc([N+](=O)[O-])cc1. The first-order valence-corrected chi connectivity index (χ1v) is 14.3. The van der Waals surface area contributed by atoms with Crippen LogP contribution in [0, 0.1) is 22.0 Å². The van der Waals surface area contributed by atoms with Crippen LogP contribution in [-0.4, -0.2) is 70.2 Å². The number of likely N-dealkylation sites (tertiary alicyclic amines) is 1. The molecule has 1 fully saturated rings. The molecular formula is C30H47N5O5. The summed E-state index contributed by atoms with van der Waals surface area (Å²) in [5.74, 6) is -0.677. The minimum atomic E-state index is -0.681. The zero-order valence-electron chi connectivity index (χ0n) is 25.3. The standard InChI is InChI=1S/C30H47N5O5/c1-19(2)26(17-22(7)28(36)31-18-23-12-14-24(15-13-23)35(39)40)33(8)30(38)27(20(3)4)32-29(37)25-11-9-10-16-34(25)21(5)6/h12-15,17,19-21,25-27H,9-11,16,18H2,1-8H3,(H,31,36)(H,32,37)/b22-17+/t25-,26-,27+/m1/s1. The molecule has 222 valence electrons. The lowest BCUT2D eigenvalue weighted by atomic mass is 9.95. The highest BCUT2D eigenvalue weighted by Gasteiger charge is 2.36. The van der Waals surface area contributed by atoms with Gasteiger partial charge in [0.15, 0.2) is 0 Å². The summed E-state index contributed by atoms with van der Waals surface area (Å²) in [6, 6.07) is 4.98. The summed E-state index contributed by atoms with van der Waals surface area (Å²) in [6.45, 7) is 14.8.